The normalized spacial score (nSPS) is 14.7. The van der Waals surface area contributed by atoms with Gasteiger partial charge in [0.1, 0.15) is 29.3 Å². The lowest BCUT2D eigenvalue weighted by Gasteiger charge is -2.27. The standard InChI is InChI=1S/C40H61N9O8/c1-25-22-28(50)19-18-27(25)24-31(46-33(51)29(17-13-21-43-36(41)42)47-38(54)56-40(5,6)7)34(52)45-30(16-11-12-20-44-37(53)55-39(2,3)4)35-48-32(49-57-35)23-26-14-9-8-10-15-26/h8-10,14-15,22,29-31,50H,11-13,16-21,23-24H2,1-7H3,(H,44,53)(H,45,52)(H,46,51)(H,47,54)(H4,41,42,43)/t29-,30+,31+/m1/s1. The van der Waals surface area contributed by atoms with Crippen molar-refractivity contribution in [2.45, 2.75) is 136 Å². The largest absolute Gasteiger partial charge is 0.512 e. The second kappa shape index (κ2) is 21.6. The molecule has 0 bridgehead atoms. The summed E-state index contributed by atoms with van der Waals surface area (Å²) in [6.45, 7) is 12.9. The molecule has 1 aromatic carbocycles. The van der Waals surface area contributed by atoms with Crippen LogP contribution in [-0.2, 0) is 25.5 Å². The maximum atomic E-state index is 14.3. The van der Waals surface area contributed by atoms with Crippen LogP contribution in [0.15, 0.2) is 57.8 Å². The Balaban J connectivity index is 1.87. The van der Waals surface area contributed by atoms with Gasteiger partial charge in [0, 0.05) is 25.9 Å². The molecule has 9 N–H and O–H groups in total. The third-order valence-corrected chi connectivity index (χ3v) is 8.59. The second-order valence-corrected chi connectivity index (χ2v) is 16.1. The first-order chi connectivity index (χ1) is 26.8. The lowest BCUT2D eigenvalue weighted by atomic mass is 9.91. The number of amides is 4. The molecule has 314 valence electrons. The number of alkyl carbamates (subject to hydrolysis) is 2. The molecule has 3 atom stereocenters. The number of guanidine groups is 1. The molecule has 1 aliphatic rings. The number of aliphatic hydroxyl groups excluding tert-OH is 1. The zero-order valence-electron chi connectivity index (χ0n) is 34.3. The van der Waals surface area contributed by atoms with Crippen molar-refractivity contribution in [2.75, 3.05) is 13.1 Å². The number of aromatic nitrogens is 2. The fraction of sp³-hybridized carbons (Fsp3) is 0.575. The van der Waals surface area contributed by atoms with E-state index < -0.39 is 53.3 Å². The van der Waals surface area contributed by atoms with Gasteiger partial charge in [0.25, 0.3) is 0 Å². The highest BCUT2D eigenvalue weighted by Gasteiger charge is 2.32. The van der Waals surface area contributed by atoms with Gasteiger partial charge < -0.3 is 51.4 Å². The Kier molecular flexibility index (Phi) is 17.4. The van der Waals surface area contributed by atoms with Gasteiger partial charge in [-0.15, -0.1) is 0 Å². The number of nitrogens with zero attached hydrogens (tertiary/aromatic N) is 2. The van der Waals surface area contributed by atoms with E-state index in [0.717, 1.165) is 16.7 Å². The topological polar surface area (TPSA) is 256 Å². The number of carbonyl (C=O) groups is 4. The Hall–Kier alpha value is -5.61. The van der Waals surface area contributed by atoms with Crippen LogP contribution in [-0.4, -0.2) is 81.6 Å². The highest BCUT2D eigenvalue weighted by Crippen LogP contribution is 2.27. The summed E-state index contributed by atoms with van der Waals surface area (Å²) >= 11 is 0. The summed E-state index contributed by atoms with van der Waals surface area (Å²) < 4.78 is 16.4. The van der Waals surface area contributed by atoms with Crippen molar-refractivity contribution < 1.29 is 38.3 Å². The minimum atomic E-state index is -1.11. The molecule has 0 spiro atoms. The minimum Gasteiger partial charge on any atom is -0.512 e. The number of aliphatic hydroxyl groups is 1. The first-order valence-corrected chi connectivity index (χ1v) is 19.4. The van der Waals surface area contributed by atoms with E-state index in [1.807, 2.05) is 37.3 Å². The van der Waals surface area contributed by atoms with Gasteiger partial charge in [-0.3, -0.25) is 15.0 Å². The molecule has 4 amide bonds. The molecule has 1 heterocycles. The van der Waals surface area contributed by atoms with Crippen molar-refractivity contribution in [2.24, 2.45) is 5.73 Å². The van der Waals surface area contributed by atoms with Crippen molar-refractivity contribution in [1.82, 2.24) is 36.7 Å². The average molecular weight is 796 g/mol. The molecule has 1 aliphatic carbocycles. The fourth-order valence-corrected chi connectivity index (χ4v) is 5.91. The van der Waals surface area contributed by atoms with Gasteiger partial charge in [-0.05, 0) is 111 Å². The first-order valence-electron chi connectivity index (χ1n) is 19.4. The Bertz CT molecular complexity index is 1730. The molecule has 17 heteroatoms. The molecule has 2 aromatic rings. The van der Waals surface area contributed by atoms with E-state index in [4.69, 9.17) is 25.1 Å². The van der Waals surface area contributed by atoms with Gasteiger partial charge in [-0.25, -0.2) is 9.59 Å². The summed E-state index contributed by atoms with van der Waals surface area (Å²) in [5.41, 5.74) is 6.57. The van der Waals surface area contributed by atoms with Crippen LogP contribution in [0.1, 0.15) is 123 Å². The lowest BCUT2D eigenvalue weighted by Crippen LogP contribution is -2.54. The summed E-state index contributed by atoms with van der Waals surface area (Å²) in [6, 6.07) is 6.66. The smallest absolute Gasteiger partial charge is 0.408 e. The maximum Gasteiger partial charge on any atom is 0.408 e. The maximum absolute atomic E-state index is 14.3. The third kappa shape index (κ3) is 17.8. The molecule has 0 unspecified atom stereocenters. The Morgan fingerprint density at radius 1 is 0.860 bits per heavy atom. The highest BCUT2D eigenvalue weighted by atomic mass is 16.6. The van der Waals surface area contributed by atoms with Crippen molar-refractivity contribution in [3.05, 3.63) is 70.6 Å². The van der Waals surface area contributed by atoms with Crippen LogP contribution in [0.25, 0.3) is 0 Å². The molecule has 0 radical (unpaired) electrons. The third-order valence-electron chi connectivity index (χ3n) is 8.59. The van der Waals surface area contributed by atoms with Gasteiger partial charge in [0.2, 0.25) is 17.7 Å². The van der Waals surface area contributed by atoms with Crippen LogP contribution < -0.4 is 32.3 Å². The monoisotopic (exact) mass is 795 g/mol. The predicted molar refractivity (Wildman–Crippen MR) is 214 cm³/mol. The number of nitrogens with two attached hydrogens (primary N) is 1. The summed E-state index contributed by atoms with van der Waals surface area (Å²) in [7, 11) is 0. The minimum absolute atomic E-state index is 0.119. The molecule has 17 nitrogen and oxygen atoms in total. The van der Waals surface area contributed by atoms with Crippen LogP contribution in [0, 0.1) is 5.41 Å². The van der Waals surface area contributed by atoms with Crippen molar-refractivity contribution in [1.29, 1.82) is 5.41 Å². The Morgan fingerprint density at radius 2 is 1.51 bits per heavy atom. The summed E-state index contributed by atoms with van der Waals surface area (Å²) in [5, 5.41) is 35.7. The summed E-state index contributed by atoms with van der Waals surface area (Å²) in [4.78, 5) is 58.0. The molecule has 0 saturated heterocycles. The Labute approximate surface area is 334 Å². The Morgan fingerprint density at radius 3 is 2.16 bits per heavy atom. The van der Waals surface area contributed by atoms with E-state index in [-0.39, 0.29) is 37.0 Å². The molecule has 0 aliphatic heterocycles. The quantitative estimate of drug-likeness (QED) is 0.0525. The van der Waals surface area contributed by atoms with Gasteiger partial charge in [-0.2, -0.15) is 4.98 Å². The van der Waals surface area contributed by atoms with Gasteiger partial charge in [0.15, 0.2) is 11.8 Å². The SMILES string of the molecule is CC1=C(C[C@H](NC(=O)[C@@H](CCCNC(=N)N)NC(=O)OC(C)(C)C)C(=O)N[C@@H](CCCCNC(=O)OC(C)(C)C)c2nc(Cc3ccccc3)no2)CCC(O)=C1. The molecular weight excluding hydrogens is 734 g/mol. The summed E-state index contributed by atoms with van der Waals surface area (Å²) in [5.74, 6) is -0.544. The van der Waals surface area contributed by atoms with E-state index in [1.54, 1.807) is 47.6 Å². The summed E-state index contributed by atoms with van der Waals surface area (Å²) in [6.07, 6.45) is 3.64. The number of nitrogens with one attached hydrogen (secondary N) is 6. The van der Waals surface area contributed by atoms with Crippen LogP contribution in [0.3, 0.4) is 0 Å². The van der Waals surface area contributed by atoms with Gasteiger partial charge >= 0.3 is 12.2 Å². The van der Waals surface area contributed by atoms with Crippen LogP contribution in [0.2, 0.25) is 0 Å². The van der Waals surface area contributed by atoms with Crippen molar-refractivity contribution in [3.8, 4) is 0 Å². The number of rotatable bonds is 19. The van der Waals surface area contributed by atoms with E-state index in [9.17, 15) is 24.3 Å². The second-order valence-electron chi connectivity index (χ2n) is 16.1. The lowest BCUT2D eigenvalue weighted by molar-refractivity contribution is -0.130. The number of carbonyl (C=O) groups excluding carboxylic acids is 4. The average Bonchev–Trinajstić information content (AvgIpc) is 3.56. The number of ether oxygens (including phenoxy) is 2. The van der Waals surface area contributed by atoms with E-state index in [2.05, 4.69) is 36.7 Å². The zero-order chi connectivity index (χ0) is 42.2. The molecule has 3 rings (SSSR count). The van der Waals surface area contributed by atoms with E-state index in [1.165, 1.54) is 0 Å². The van der Waals surface area contributed by atoms with Crippen molar-refractivity contribution in [3.63, 3.8) is 0 Å². The zero-order valence-corrected chi connectivity index (χ0v) is 34.3. The molecule has 0 saturated carbocycles. The van der Waals surface area contributed by atoms with Crippen LogP contribution >= 0.6 is 0 Å². The molecule has 1 aromatic heterocycles. The predicted octanol–water partition coefficient (Wildman–Crippen LogP) is 5.10. The number of allylic oxidation sites excluding steroid dienone is 3. The van der Waals surface area contributed by atoms with E-state index >= 15 is 0 Å². The molecule has 0 fully saturated rings. The number of unbranched alkanes of at least 4 members (excludes halogenated alkanes) is 1. The number of hydrogen-bond acceptors (Lipinski definition) is 11. The molecular formula is C40H61N9O8. The number of benzene rings is 1. The van der Waals surface area contributed by atoms with Crippen LogP contribution in [0.5, 0.6) is 0 Å². The molecule has 57 heavy (non-hydrogen) atoms. The highest BCUT2D eigenvalue weighted by molar-refractivity contribution is 5.91. The van der Waals surface area contributed by atoms with E-state index in [0.29, 0.717) is 57.3 Å². The number of hydrogen-bond donors (Lipinski definition) is 8. The van der Waals surface area contributed by atoms with Crippen LogP contribution in [0.4, 0.5) is 9.59 Å². The first kappa shape index (κ1) is 45.8. The van der Waals surface area contributed by atoms with Crippen molar-refractivity contribution >= 4 is 30.0 Å². The van der Waals surface area contributed by atoms with Gasteiger partial charge in [0.05, 0.1) is 5.76 Å². The van der Waals surface area contributed by atoms with Gasteiger partial charge in [-0.1, -0.05) is 41.1 Å². The fourth-order valence-electron chi connectivity index (χ4n) is 5.91.